The highest BCUT2D eigenvalue weighted by atomic mass is 16.5. The molecule has 6 aromatic rings. The summed E-state index contributed by atoms with van der Waals surface area (Å²) in [6, 6.07) is 28.0. The molecule has 0 amide bonds. The van der Waals surface area contributed by atoms with Gasteiger partial charge in [-0.15, -0.1) is 0 Å². The molecule has 10 nitrogen and oxygen atoms in total. The van der Waals surface area contributed by atoms with Crippen molar-refractivity contribution >= 4 is 21.8 Å². The minimum atomic E-state index is 0.161. The average Bonchev–Trinajstić information content (AvgIpc) is 3.18. The van der Waals surface area contributed by atoms with Gasteiger partial charge in [0.05, 0.1) is 25.3 Å². The Hall–Kier alpha value is -5.26. The first-order valence-corrected chi connectivity index (χ1v) is 17.9. The molecule has 0 saturated carbocycles. The van der Waals surface area contributed by atoms with Crippen LogP contribution in [0.2, 0.25) is 0 Å². The first kappa shape index (κ1) is 36.5. The Bertz CT molecular complexity index is 1940. The van der Waals surface area contributed by atoms with Gasteiger partial charge < -0.3 is 41.0 Å². The molecule has 10 heteroatoms. The summed E-state index contributed by atoms with van der Waals surface area (Å²) in [5.74, 6) is 1.23. The number of nitrogens with zero attached hydrogens (tertiary/aromatic N) is 2. The van der Waals surface area contributed by atoms with Crippen molar-refractivity contribution in [1.29, 1.82) is 0 Å². The van der Waals surface area contributed by atoms with E-state index >= 15 is 0 Å². The van der Waals surface area contributed by atoms with Crippen LogP contribution in [0, 0.1) is 0 Å². The number of aromatic nitrogens is 2. The maximum absolute atomic E-state index is 10.8. The number of pyridine rings is 2. The lowest BCUT2D eigenvalue weighted by molar-refractivity contribution is 0.370. The second-order valence-corrected chi connectivity index (χ2v) is 12.8. The molecule has 0 spiro atoms. The molecule has 0 fully saturated rings. The van der Waals surface area contributed by atoms with Crippen LogP contribution in [0.4, 0.5) is 0 Å². The predicted octanol–water partition coefficient (Wildman–Crippen LogP) is 6.38. The van der Waals surface area contributed by atoms with Gasteiger partial charge in [-0.2, -0.15) is 0 Å². The van der Waals surface area contributed by atoms with Crippen LogP contribution in [0.5, 0.6) is 23.0 Å². The molecule has 0 aliphatic rings. The highest BCUT2D eigenvalue weighted by molar-refractivity contribution is 5.85. The van der Waals surface area contributed by atoms with E-state index in [1.807, 2.05) is 85.2 Å². The summed E-state index contributed by atoms with van der Waals surface area (Å²) >= 11 is 0. The van der Waals surface area contributed by atoms with E-state index in [0.29, 0.717) is 24.6 Å². The number of para-hydroxylation sites is 2. The Morgan fingerprint density at radius 3 is 1.37 bits per heavy atom. The third kappa shape index (κ3) is 9.34. The molecule has 6 N–H and O–H groups in total. The van der Waals surface area contributed by atoms with Gasteiger partial charge >= 0.3 is 0 Å². The fraction of sp³-hybridized carbons (Fsp3) is 0.286. The number of phenols is 2. The van der Waals surface area contributed by atoms with E-state index in [4.69, 9.17) is 9.47 Å². The van der Waals surface area contributed by atoms with Crippen molar-refractivity contribution < 1.29 is 19.7 Å². The van der Waals surface area contributed by atoms with Crippen molar-refractivity contribution in [2.45, 2.75) is 25.9 Å². The van der Waals surface area contributed by atoms with E-state index in [2.05, 4.69) is 43.4 Å². The van der Waals surface area contributed by atoms with Crippen LogP contribution in [0.15, 0.2) is 97.3 Å². The van der Waals surface area contributed by atoms with Gasteiger partial charge in [0.1, 0.15) is 0 Å². The Morgan fingerprint density at radius 2 is 0.923 bits per heavy atom. The Kier molecular flexibility index (Phi) is 12.9. The van der Waals surface area contributed by atoms with Crippen LogP contribution in [-0.2, 0) is 13.1 Å². The number of aromatic hydroxyl groups is 2. The summed E-state index contributed by atoms with van der Waals surface area (Å²) in [4.78, 5) is 9.19. The predicted molar refractivity (Wildman–Crippen MR) is 209 cm³/mol. The molecule has 270 valence electrons. The van der Waals surface area contributed by atoms with E-state index in [9.17, 15) is 10.2 Å². The number of hydrogen-bond donors (Lipinski definition) is 6. The molecule has 0 unspecified atom stereocenters. The van der Waals surface area contributed by atoms with Gasteiger partial charge in [0.15, 0.2) is 23.0 Å². The van der Waals surface area contributed by atoms with Crippen molar-refractivity contribution in [3.8, 4) is 45.3 Å². The van der Waals surface area contributed by atoms with E-state index < -0.39 is 0 Å². The van der Waals surface area contributed by atoms with Crippen molar-refractivity contribution in [2.24, 2.45) is 0 Å². The standard InChI is InChI=1S/C42H48N6O4/c1-51-39-23-31(33-19-29-9-3-5-11-37(29)47-27-33)21-35(41(39)49)25-45-15-7-13-43-17-18-44-14-8-16-46-26-36-22-32(24-40(52-2)42(36)50)34-20-30-10-4-6-12-38(30)48-28-34/h3-6,9-12,19-24,27-28,43-46,49-50H,7-8,13-18,25-26H2,1-2H3. The second kappa shape index (κ2) is 18.3. The summed E-state index contributed by atoms with van der Waals surface area (Å²) in [7, 11) is 3.15. The molecule has 0 aliphatic heterocycles. The van der Waals surface area contributed by atoms with Gasteiger partial charge in [-0.05, 0) is 98.7 Å². The van der Waals surface area contributed by atoms with E-state index in [-0.39, 0.29) is 11.5 Å². The highest BCUT2D eigenvalue weighted by Crippen LogP contribution is 2.37. The van der Waals surface area contributed by atoms with Gasteiger partial charge in [0, 0.05) is 71.6 Å². The minimum absolute atomic E-state index is 0.161. The molecule has 0 bridgehead atoms. The molecule has 2 aromatic heterocycles. The smallest absolute Gasteiger partial charge is 0.162 e. The number of hydrogen-bond acceptors (Lipinski definition) is 10. The molecule has 0 saturated heterocycles. The number of phenolic OH excluding ortho intramolecular Hbond substituents is 2. The van der Waals surface area contributed by atoms with Crippen LogP contribution in [0.25, 0.3) is 44.1 Å². The van der Waals surface area contributed by atoms with Crippen LogP contribution in [-0.4, -0.2) is 73.7 Å². The molecular formula is C42H48N6O4. The molecule has 52 heavy (non-hydrogen) atoms. The molecule has 0 aliphatic carbocycles. The number of benzene rings is 4. The summed E-state index contributed by atoms with van der Waals surface area (Å²) < 4.78 is 11.0. The van der Waals surface area contributed by atoms with Crippen LogP contribution in [0.3, 0.4) is 0 Å². The maximum atomic E-state index is 10.8. The largest absolute Gasteiger partial charge is 0.504 e. The highest BCUT2D eigenvalue weighted by Gasteiger charge is 2.14. The van der Waals surface area contributed by atoms with Gasteiger partial charge in [-0.3, -0.25) is 9.97 Å². The fourth-order valence-corrected chi connectivity index (χ4v) is 6.25. The van der Waals surface area contributed by atoms with E-state index in [0.717, 1.165) is 107 Å². The van der Waals surface area contributed by atoms with Crippen LogP contribution >= 0.6 is 0 Å². The molecule has 2 heterocycles. The van der Waals surface area contributed by atoms with Crippen LogP contribution < -0.4 is 30.7 Å². The molecular weight excluding hydrogens is 653 g/mol. The van der Waals surface area contributed by atoms with E-state index in [1.165, 1.54) is 0 Å². The zero-order valence-corrected chi connectivity index (χ0v) is 29.9. The summed E-state index contributed by atoms with van der Waals surface area (Å²) in [5, 5.41) is 37.5. The molecule has 6 rings (SSSR count). The number of methoxy groups -OCH3 is 2. The molecule has 0 radical (unpaired) electrons. The van der Waals surface area contributed by atoms with Crippen molar-refractivity contribution in [1.82, 2.24) is 31.2 Å². The van der Waals surface area contributed by atoms with E-state index in [1.54, 1.807) is 14.2 Å². The lowest BCUT2D eigenvalue weighted by atomic mass is 10.0. The topological polar surface area (TPSA) is 133 Å². The lowest BCUT2D eigenvalue weighted by Gasteiger charge is -2.14. The minimum Gasteiger partial charge on any atom is -0.504 e. The first-order valence-electron chi connectivity index (χ1n) is 17.9. The third-order valence-electron chi connectivity index (χ3n) is 9.12. The Morgan fingerprint density at radius 1 is 0.500 bits per heavy atom. The van der Waals surface area contributed by atoms with Crippen molar-refractivity contribution in [3.05, 3.63) is 108 Å². The summed E-state index contributed by atoms with van der Waals surface area (Å²) in [6.45, 7) is 6.28. The molecule has 0 atom stereocenters. The van der Waals surface area contributed by atoms with Crippen molar-refractivity contribution in [2.75, 3.05) is 53.5 Å². The number of ether oxygens (including phenoxy) is 2. The maximum Gasteiger partial charge on any atom is 0.162 e. The SMILES string of the molecule is COc1cc(-c2cnc3ccccc3c2)cc(CNCCCNCCNCCCNCc2cc(-c3cnc4ccccc4c3)cc(OC)c2O)c1O. The van der Waals surface area contributed by atoms with Gasteiger partial charge in [0.25, 0.3) is 0 Å². The normalized spacial score (nSPS) is 11.3. The van der Waals surface area contributed by atoms with Gasteiger partial charge in [-0.25, -0.2) is 0 Å². The number of nitrogens with one attached hydrogen (secondary N) is 4. The number of rotatable bonds is 19. The van der Waals surface area contributed by atoms with Crippen LogP contribution in [0.1, 0.15) is 24.0 Å². The average molecular weight is 701 g/mol. The Labute approximate surface area is 305 Å². The summed E-state index contributed by atoms with van der Waals surface area (Å²) in [6.07, 6.45) is 5.65. The quantitative estimate of drug-likeness (QED) is 0.0529. The zero-order valence-electron chi connectivity index (χ0n) is 29.9. The third-order valence-corrected chi connectivity index (χ3v) is 9.12. The monoisotopic (exact) mass is 700 g/mol. The van der Waals surface area contributed by atoms with Gasteiger partial charge in [0.2, 0.25) is 0 Å². The van der Waals surface area contributed by atoms with Gasteiger partial charge in [-0.1, -0.05) is 36.4 Å². The Balaban J connectivity index is 0.854. The molecule has 4 aromatic carbocycles. The fourth-order valence-electron chi connectivity index (χ4n) is 6.25. The summed E-state index contributed by atoms with van der Waals surface area (Å²) in [5.41, 5.74) is 7.34. The second-order valence-electron chi connectivity index (χ2n) is 12.8. The van der Waals surface area contributed by atoms with Crippen molar-refractivity contribution in [3.63, 3.8) is 0 Å². The first-order chi connectivity index (χ1) is 25.5. The zero-order chi connectivity index (χ0) is 36.1. The lowest BCUT2D eigenvalue weighted by Crippen LogP contribution is -2.30. The number of fused-ring (bicyclic) bond motifs is 2.